The molecule has 0 aromatic heterocycles. The van der Waals surface area contributed by atoms with E-state index < -0.39 is 41.5 Å². The molecule has 4 rings (SSSR count). The summed E-state index contributed by atoms with van der Waals surface area (Å²) in [6, 6.07) is 23.3. The minimum Gasteiger partial charge on any atom is -0.871 e. The maximum atomic E-state index is 12.7. The van der Waals surface area contributed by atoms with Crippen molar-refractivity contribution in [1.29, 1.82) is 0 Å². The van der Waals surface area contributed by atoms with Gasteiger partial charge in [-0.3, -0.25) is 4.55 Å². The topological polar surface area (TPSA) is 173 Å². The zero-order valence-electron chi connectivity index (χ0n) is 39.2. The Labute approximate surface area is 421 Å². The van der Waals surface area contributed by atoms with Crippen LogP contribution in [0.25, 0.3) is 0 Å². The zero-order valence-corrected chi connectivity index (χ0v) is 43.0. The summed E-state index contributed by atoms with van der Waals surface area (Å²) in [5.74, 6) is 0.712. The quantitative estimate of drug-likeness (QED) is 0.0272. The van der Waals surface area contributed by atoms with E-state index in [4.69, 9.17) is 9.47 Å². The van der Waals surface area contributed by atoms with Crippen molar-refractivity contribution < 1.29 is 45.6 Å². The van der Waals surface area contributed by atoms with Gasteiger partial charge in [-0.25, -0.2) is 8.42 Å². The Morgan fingerprint density at radius 3 is 1.14 bits per heavy atom. The Kier molecular flexibility index (Phi) is 30.1. The molecule has 0 radical (unpaired) electrons. The molecule has 2 N–H and O–H groups in total. The molecule has 65 heavy (non-hydrogen) atoms. The fraction of sp³-hybridized carbons (Fsp3) is 0.538. The van der Waals surface area contributed by atoms with E-state index in [1.165, 1.54) is 134 Å². The summed E-state index contributed by atoms with van der Waals surface area (Å²) in [5, 5.41) is 23.2. The van der Waals surface area contributed by atoms with E-state index in [9.17, 15) is 36.2 Å². The van der Waals surface area contributed by atoms with Gasteiger partial charge < -0.3 is 24.2 Å². The van der Waals surface area contributed by atoms with E-state index in [2.05, 4.69) is 13.8 Å². The van der Waals surface area contributed by atoms with Gasteiger partial charge >= 0.3 is 37.7 Å². The number of phenols is 1. The third kappa shape index (κ3) is 23.6. The average molecular weight is 963 g/mol. The number of hydrogen-bond donors (Lipinski definition) is 2. The molecule has 0 saturated heterocycles. The number of unbranched alkanes of at least 4 members (excludes halogenated alkanes) is 22. The summed E-state index contributed by atoms with van der Waals surface area (Å²) in [6.45, 7) is 4.47. The maximum absolute atomic E-state index is 12.7. The molecule has 0 aliphatic carbocycles. The van der Waals surface area contributed by atoms with Crippen LogP contribution in [0.2, 0.25) is 0 Å². The molecule has 10 nitrogen and oxygen atoms in total. The van der Waals surface area contributed by atoms with Crippen molar-refractivity contribution in [3.05, 3.63) is 96.1 Å². The summed E-state index contributed by atoms with van der Waals surface area (Å²) in [4.78, 5) is -1.18. The normalized spacial score (nSPS) is 11.4. The smallest absolute Gasteiger partial charge is 0.871 e. The van der Waals surface area contributed by atoms with Gasteiger partial charge in [0.25, 0.3) is 10.1 Å². The van der Waals surface area contributed by atoms with Crippen LogP contribution in [0.1, 0.15) is 179 Å². The Morgan fingerprint density at radius 1 is 0.462 bits per heavy atom. The number of ether oxygens (including phenoxy) is 2. The minimum absolute atomic E-state index is 0. The number of para-hydroxylation sites is 2. The fourth-order valence-electron chi connectivity index (χ4n) is 7.78. The molecule has 0 aliphatic heterocycles. The largest absolute Gasteiger partial charge is 2.00 e. The first-order valence-electron chi connectivity index (χ1n) is 23.9. The van der Waals surface area contributed by atoms with E-state index >= 15 is 0 Å². The van der Waals surface area contributed by atoms with Gasteiger partial charge in [-0.05, 0) is 79.8 Å². The van der Waals surface area contributed by atoms with Gasteiger partial charge in [0.15, 0.2) is 0 Å². The first-order chi connectivity index (χ1) is 30.9. The number of rotatable bonds is 32. The minimum atomic E-state index is -4.82. The molecule has 0 atom stereocenters. The van der Waals surface area contributed by atoms with E-state index in [1.807, 2.05) is 36.4 Å². The second kappa shape index (κ2) is 33.6. The molecule has 0 spiro atoms. The standard InChI is InChI=1S/2C26H38O5S.Ca/c2*1-2-3-4-5-6-7-8-9-10-11-12-16-19-23-24(31-22-17-14-13-15-18-22)20-21-25(26(23)27)32(28,29)30;/h2*13-15,17-18,20-21,27H,2-12,16,19H2,1H3,(H,28,29,30);/q;;+2/p-2. The third-order valence-electron chi connectivity index (χ3n) is 11.4. The third-order valence-corrected chi connectivity index (χ3v) is 13.2. The maximum Gasteiger partial charge on any atom is 2.00 e. The van der Waals surface area contributed by atoms with Crippen LogP contribution < -0.4 is 14.6 Å². The number of phenolic OH excluding ortho intramolecular Hbond substituents is 1. The SMILES string of the molecule is CCCCCCCCCCCCCCc1c(Oc2ccccc2)ccc(S(=O)(=O)O)c1O.CCCCCCCCCCCCCCc1c(Oc2ccccc2)ccc(S(=O)(=O)[O-])c1[O-].[Ca+2]. The van der Waals surface area contributed by atoms with Crippen molar-refractivity contribution in [2.24, 2.45) is 0 Å². The predicted octanol–water partition coefficient (Wildman–Crippen LogP) is 14.0. The van der Waals surface area contributed by atoms with Crippen LogP contribution in [0.3, 0.4) is 0 Å². The molecule has 4 aromatic rings. The second-order valence-corrected chi connectivity index (χ2v) is 19.5. The van der Waals surface area contributed by atoms with Crippen LogP contribution in [0.5, 0.6) is 34.5 Å². The number of benzene rings is 4. The fourth-order valence-corrected chi connectivity index (χ4v) is 8.97. The van der Waals surface area contributed by atoms with Crippen LogP contribution in [0.15, 0.2) is 94.7 Å². The van der Waals surface area contributed by atoms with E-state index in [1.54, 1.807) is 24.3 Å². The van der Waals surface area contributed by atoms with E-state index in [-0.39, 0.29) is 43.3 Å². The monoisotopic (exact) mass is 962 g/mol. The Hall–Kier alpha value is -2.84. The van der Waals surface area contributed by atoms with Crippen molar-refractivity contribution in [3.63, 3.8) is 0 Å². The summed E-state index contributed by atoms with van der Waals surface area (Å²) in [5.41, 5.74) is 0.675. The zero-order chi connectivity index (χ0) is 46.5. The van der Waals surface area contributed by atoms with Crippen LogP contribution in [0, 0.1) is 0 Å². The van der Waals surface area contributed by atoms with Gasteiger partial charge in [0.05, 0.1) is 0 Å². The molecule has 0 heterocycles. The molecule has 0 unspecified atom stereocenters. The predicted molar refractivity (Wildman–Crippen MR) is 260 cm³/mol. The molecule has 4 aromatic carbocycles. The first kappa shape index (κ1) is 58.3. The molecule has 13 heteroatoms. The Morgan fingerprint density at radius 2 is 0.785 bits per heavy atom. The van der Waals surface area contributed by atoms with Crippen LogP contribution in [-0.4, -0.2) is 68.8 Å². The van der Waals surface area contributed by atoms with Gasteiger partial charge in [-0.15, -0.1) is 0 Å². The summed E-state index contributed by atoms with van der Waals surface area (Å²) < 4.78 is 78.7. The molecule has 0 amide bonds. The van der Waals surface area contributed by atoms with Gasteiger partial charge in [0.2, 0.25) is 0 Å². The van der Waals surface area contributed by atoms with Crippen molar-refractivity contribution in [2.45, 2.75) is 191 Å². The van der Waals surface area contributed by atoms with Crippen LogP contribution in [0.4, 0.5) is 0 Å². The van der Waals surface area contributed by atoms with Gasteiger partial charge in [0.1, 0.15) is 43.8 Å². The summed E-state index contributed by atoms with van der Waals surface area (Å²) in [6.07, 6.45) is 29.9. The van der Waals surface area contributed by atoms with Gasteiger partial charge in [0, 0.05) is 10.5 Å². The summed E-state index contributed by atoms with van der Waals surface area (Å²) >= 11 is 0. The molecule has 0 aliphatic rings. The van der Waals surface area contributed by atoms with Crippen molar-refractivity contribution >= 4 is 58.0 Å². The number of aromatic hydroxyl groups is 1. The van der Waals surface area contributed by atoms with Crippen LogP contribution >= 0.6 is 0 Å². The van der Waals surface area contributed by atoms with Crippen molar-refractivity contribution in [1.82, 2.24) is 0 Å². The molecule has 356 valence electrons. The molecular formula is C52H74CaO10S2. The summed E-state index contributed by atoms with van der Waals surface area (Å²) in [7, 11) is -9.33. The van der Waals surface area contributed by atoms with Crippen molar-refractivity contribution in [2.75, 3.05) is 0 Å². The van der Waals surface area contributed by atoms with E-state index in [0.29, 0.717) is 41.4 Å². The molecule has 0 fully saturated rings. The molecule has 0 saturated carbocycles. The van der Waals surface area contributed by atoms with Crippen LogP contribution in [-0.2, 0) is 33.1 Å². The Balaban J connectivity index is 0.000000440. The van der Waals surface area contributed by atoms with E-state index in [0.717, 1.165) is 44.6 Å². The second-order valence-electron chi connectivity index (χ2n) is 16.8. The van der Waals surface area contributed by atoms with Gasteiger partial charge in [-0.1, -0.05) is 197 Å². The van der Waals surface area contributed by atoms with Crippen molar-refractivity contribution in [3.8, 4) is 34.5 Å². The van der Waals surface area contributed by atoms with Gasteiger partial charge in [-0.2, -0.15) is 8.42 Å². The molecule has 0 bridgehead atoms. The first-order valence-corrected chi connectivity index (χ1v) is 26.8. The molecular weight excluding hydrogens is 889 g/mol. The average Bonchev–Trinajstić information content (AvgIpc) is 3.26. The Bertz CT molecular complexity index is 1950. The number of hydrogen-bond acceptors (Lipinski definition) is 9.